The smallest absolute Gasteiger partial charge is 0.326 e. The number of nitrogens with one attached hydrogen (secondary N) is 13. The minimum atomic E-state index is -1.71. The Hall–Kier alpha value is -8.51. The summed E-state index contributed by atoms with van der Waals surface area (Å²) < 4.78 is 0. The van der Waals surface area contributed by atoms with Crippen molar-refractivity contribution in [2.24, 2.45) is 22.9 Å². The van der Waals surface area contributed by atoms with Crippen LogP contribution in [-0.2, 0) is 60.8 Å². The Kier molecular flexibility index (Phi) is 29.1. The SMILES string of the molecule is CC(=O)N[C@@H](CCCNC(=N)N)C(=O)N[C@@H](CCCNC(=N)N)C(=O)N[C@@H](Cc1ccccc1)C(=O)N[C@@H](Cc1c[nH]c2ccccc12)C(=O)N[C@@H](CCC(N)=O)C(=O)N[C@@H](CS)C(=O)N[C@H](C(=O)N[C@@H](CCCCN)C(=O)O)[C@@H](C)O. The van der Waals surface area contributed by atoms with E-state index >= 15 is 0 Å². The number of hydrogen-bond acceptors (Lipinski definition) is 15. The number of nitrogens with two attached hydrogens (primary N) is 4. The molecule has 0 fully saturated rings. The molecule has 3 rings (SSSR count). The molecule has 2 aromatic carbocycles. The number of carboxylic acids is 1. The van der Waals surface area contributed by atoms with Gasteiger partial charge in [-0.3, -0.25) is 54.0 Å². The van der Waals surface area contributed by atoms with Crippen LogP contribution in [0.1, 0.15) is 82.8 Å². The summed E-state index contributed by atoms with van der Waals surface area (Å²) in [7, 11) is 0. The number of rotatable bonds is 37. The molecule has 30 heteroatoms. The van der Waals surface area contributed by atoms with Gasteiger partial charge in [0, 0.05) is 62.1 Å². The summed E-state index contributed by atoms with van der Waals surface area (Å²) in [6.45, 7) is 2.96. The molecule has 9 amide bonds. The lowest BCUT2D eigenvalue weighted by Gasteiger charge is -2.28. The third-order valence-corrected chi connectivity index (χ3v) is 13.1. The minimum absolute atomic E-state index is 0.00252. The van der Waals surface area contributed by atoms with Gasteiger partial charge in [-0.2, -0.15) is 12.6 Å². The Balaban J connectivity index is 2.01. The van der Waals surface area contributed by atoms with Gasteiger partial charge in [0.05, 0.1) is 6.10 Å². The molecule has 0 aliphatic rings. The van der Waals surface area contributed by atoms with E-state index in [1.807, 2.05) is 0 Å². The fourth-order valence-corrected chi connectivity index (χ4v) is 8.67. The fourth-order valence-electron chi connectivity index (χ4n) is 8.41. The van der Waals surface area contributed by atoms with E-state index in [1.165, 1.54) is 13.8 Å². The average molecular weight is 1170 g/mol. The molecular weight excluding hydrogens is 1090 g/mol. The standard InChI is InChI=1S/C52H79N17O12S/c1-28(70)42(49(79)65-37(50(80)81)16-8-9-21-53)69-48(78)40(27-82)68-45(75)36(19-20-41(54)72)64-47(77)39(25-31-26-61-33-15-7-6-14-32(31)33)67-46(76)38(24-30-12-4-3-5-13-30)66-44(74)35(18-11-23-60-52(57)58)63-43(73)34(62-29(2)71)17-10-22-59-51(55)56/h3-7,12-15,26,28,34-40,42,61,70,82H,8-11,16-25,27,53H2,1-2H3,(H2,54,72)(H,62,71)(H,63,73)(H,64,77)(H,65,79)(H,66,74)(H,67,76)(H,68,75)(H,69,78)(H,80,81)(H4,55,56,59)(H4,57,58,60)/t28-,34+,35+,36+,37+,38+,39+,40+,42+/m1/s1. The summed E-state index contributed by atoms with van der Waals surface area (Å²) in [4.78, 5) is 138. The molecule has 0 spiro atoms. The number of carbonyl (C=O) groups excluding carboxylic acids is 9. The van der Waals surface area contributed by atoms with Gasteiger partial charge in [0.15, 0.2) is 11.9 Å². The number of fused-ring (bicyclic) bond motifs is 1. The Morgan fingerprint density at radius 2 is 1.04 bits per heavy atom. The van der Waals surface area contributed by atoms with Crippen molar-refractivity contribution in [3.05, 3.63) is 71.9 Å². The van der Waals surface area contributed by atoms with Crippen molar-refractivity contribution in [2.75, 3.05) is 25.4 Å². The van der Waals surface area contributed by atoms with Crippen molar-refractivity contribution in [3.8, 4) is 0 Å². The molecule has 9 atom stereocenters. The summed E-state index contributed by atoms with van der Waals surface area (Å²) >= 11 is 4.20. The largest absolute Gasteiger partial charge is 0.480 e. The Bertz CT molecular complexity index is 2680. The number of aliphatic hydroxyl groups is 1. The lowest BCUT2D eigenvalue weighted by atomic mass is 10.0. The highest BCUT2D eigenvalue weighted by Gasteiger charge is 2.36. The monoisotopic (exact) mass is 1170 g/mol. The lowest BCUT2D eigenvalue weighted by molar-refractivity contribution is -0.143. The first-order chi connectivity index (χ1) is 38.9. The van der Waals surface area contributed by atoms with Gasteiger partial charge in [0.25, 0.3) is 0 Å². The lowest BCUT2D eigenvalue weighted by Crippen LogP contribution is -2.61. The average Bonchev–Trinajstić information content (AvgIpc) is 3.92. The molecule has 0 aliphatic heterocycles. The number of carboxylic acid groups (broad SMARTS) is 1. The van der Waals surface area contributed by atoms with Crippen LogP contribution < -0.4 is 76.1 Å². The van der Waals surface area contributed by atoms with E-state index in [4.69, 9.17) is 33.8 Å². The third kappa shape index (κ3) is 24.1. The van der Waals surface area contributed by atoms with Crippen LogP contribution in [0.15, 0.2) is 60.8 Å². The quantitative estimate of drug-likeness (QED) is 0.0114. The van der Waals surface area contributed by atoms with E-state index in [2.05, 4.69) is 70.8 Å². The molecule has 0 unspecified atom stereocenters. The van der Waals surface area contributed by atoms with Gasteiger partial charge in [-0.15, -0.1) is 0 Å². The zero-order valence-corrected chi connectivity index (χ0v) is 46.7. The van der Waals surface area contributed by atoms with Gasteiger partial charge in [0.2, 0.25) is 53.2 Å². The van der Waals surface area contributed by atoms with Gasteiger partial charge in [-0.05, 0) is 82.0 Å². The summed E-state index contributed by atoms with van der Waals surface area (Å²) in [5, 5.41) is 61.4. The van der Waals surface area contributed by atoms with Crippen LogP contribution in [-0.4, -0.2) is 166 Å². The number of hydrogen-bond donors (Lipinski definition) is 20. The second-order valence-corrected chi connectivity index (χ2v) is 19.7. The zero-order valence-electron chi connectivity index (χ0n) is 45.8. The predicted octanol–water partition coefficient (Wildman–Crippen LogP) is -3.83. The number of thiol groups is 1. The van der Waals surface area contributed by atoms with Crippen LogP contribution in [0.3, 0.4) is 0 Å². The maximum atomic E-state index is 14.8. The van der Waals surface area contributed by atoms with Gasteiger partial charge < -0.3 is 91.3 Å². The van der Waals surface area contributed by atoms with Crippen LogP contribution >= 0.6 is 12.6 Å². The predicted molar refractivity (Wildman–Crippen MR) is 306 cm³/mol. The van der Waals surface area contributed by atoms with Crippen LogP contribution in [0.4, 0.5) is 0 Å². The normalized spacial score (nSPS) is 14.3. The maximum absolute atomic E-state index is 14.8. The molecule has 450 valence electrons. The molecule has 1 heterocycles. The van der Waals surface area contributed by atoms with Crippen molar-refractivity contribution < 1.29 is 58.2 Å². The second-order valence-electron chi connectivity index (χ2n) is 19.4. The number of guanidine groups is 2. The van der Waals surface area contributed by atoms with E-state index in [1.54, 1.807) is 60.8 Å². The highest BCUT2D eigenvalue weighted by molar-refractivity contribution is 7.80. The maximum Gasteiger partial charge on any atom is 0.326 e. The van der Waals surface area contributed by atoms with Crippen molar-refractivity contribution in [3.63, 3.8) is 0 Å². The fraction of sp³-hybridized carbons (Fsp3) is 0.500. The Labute approximate surface area is 479 Å². The van der Waals surface area contributed by atoms with E-state index in [0.29, 0.717) is 34.9 Å². The molecule has 29 nitrogen and oxygen atoms in total. The minimum Gasteiger partial charge on any atom is -0.480 e. The number of para-hydroxylation sites is 1. The van der Waals surface area contributed by atoms with Gasteiger partial charge >= 0.3 is 5.97 Å². The summed E-state index contributed by atoms with van der Waals surface area (Å²) in [5.74, 6) is -10.4. The second kappa shape index (κ2) is 35.3. The van der Waals surface area contributed by atoms with Gasteiger partial charge in [-0.25, -0.2) is 4.79 Å². The first-order valence-electron chi connectivity index (χ1n) is 26.6. The number of aromatic nitrogens is 1. The van der Waals surface area contributed by atoms with Crippen LogP contribution in [0.2, 0.25) is 0 Å². The number of benzene rings is 2. The molecule has 0 saturated heterocycles. The number of aliphatic hydroxyl groups excluding tert-OH is 1. The molecule has 0 radical (unpaired) electrons. The van der Waals surface area contributed by atoms with E-state index in [-0.39, 0.29) is 76.5 Å². The number of carbonyl (C=O) groups is 10. The summed E-state index contributed by atoms with van der Waals surface area (Å²) in [6, 6.07) is 3.77. The van der Waals surface area contributed by atoms with Gasteiger partial charge in [0.1, 0.15) is 48.3 Å². The number of H-pyrrole nitrogens is 1. The number of amides is 9. The van der Waals surface area contributed by atoms with Crippen molar-refractivity contribution in [1.29, 1.82) is 10.8 Å². The van der Waals surface area contributed by atoms with E-state index in [0.717, 1.165) is 0 Å². The Morgan fingerprint density at radius 1 is 0.573 bits per heavy atom. The molecule has 0 bridgehead atoms. The van der Waals surface area contributed by atoms with E-state index < -0.39 is 132 Å². The van der Waals surface area contributed by atoms with Crippen LogP contribution in [0.5, 0.6) is 0 Å². The first-order valence-corrected chi connectivity index (χ1v) is 27.2. The summed E-state index contributed by atoms with van der Waals surface area (Å²) in [6.07, 6.45) is 0.0359. The number of primary amides is 1. The summed E-state index contributed by atoms with van der Waals surface area (Å²) in [5.41, 5.74) is 23.6. The topological polar surface area (TPSA) is 499 Å². The molecule has 0 saturated carbocycles. The molecule has 23 N–H and O–H groups in total. The van der Waals surface area contributed by atoms with Crippen molar-refractivity contribution >= 4 is 94.6 Å². The third-order valence-electron chi connectivity index (χ3n) is 12.7. The molecule has 82 heavy (non-hydrogen) atoms. The molecule has 1 aromatic heterocycles. The first kappa shape index (κ1) is 67.8. The molecule has 3 aromatic rings. The van der Waals surface area contributed by atoms with Gasteiger partial charge in [-0.1, -0.05) is 48.5 Å². The number of aliphatic carboxylic acids is 1. The van der Waals surface area contributed by atoms with Crippen molar-refractivity contribution in [1.82, 2.24) is 58.2 Å². The Morgan fingerprint density at radius 3 is 1.55 bits per heavy atom. The molecular formula is C52H79N17O12S. The van der Waals surface area contributed by atoms with Crippen LogP contribution in [0.25, 0.3) is 10.9 Å². The van der Waals surface area contributed by atoms with E-state index in [9.17, 15) is 58.2 Å². The number of aromatic amines is 1. The van der Waals surface area contributed by atoms with Crippen LogP contribution in [0, 0.1) is 10.8 Å². The highest BCUT2D eigenvalue weighted by Crippen LogP contribution is 2.20. The highest BCUT2D eigenvalue weighted by atomic mass is 32.1. The zero-order chi connectivity index (χ0) is 60.9. The number of unbranched alkanes of at least 4 members (excludes halogenated alkanes) is 1. The molecule has 0 aliphatic carbocycles. The van der Waals surface area contributed by atoms with Crippen molar-refractivity contribution in [2.45, 2.75) is 139 Å².